The van der Waals surface area contributed by atoms with E-state index in [4.69, 9.17) is 0 Å². The van der Waals surface area contributed by atoms with Crippen LogP contribution in [0.15, 0.2) is 24.3 Å². The third kappa shape index (κ3) is 7.14. The van der Waals surface area contributed by atoms with Gasteiger partial charge in [0.15, 0.2) is 0 Å². The molecule has 1 amide bonds. The van der Waals surface area contributed by atoms with Crippen LogP contribution in [0.2, 0.25) is 0 Å². The molecular weight excluding hydrogens is 264 g/mol. The summed E-state index contributed by atoms with van der Waals surface area (Å²) in [4.78, 5) is 12.1. The second-order valence-corrected chi connectivity index (χ2v) is 5.36. The highest BCUT2D eigenvalue weighted by atomic mass is 16.3. The van der Waals surface area contributed by atoms with Crippen molar-refractivity contribution in [3.63, 3.8) is 0 Å². The van der Waals surface area contributed by atoms with Crippen LogP contribution >= 0.6 is 0 Å². The normalized spacial score (nSPS) is 12.1. The van der Waals surface area contributed by atoms with Crippen molar-refractivity contribution in [3.8, 4) is 5.75 Å². The Bertz CT molecular complexity index is 404. The van der Waals surface area contributed by atoms with Gasteiger partial charge in [0, 0.05) is 6.54 Å². The molecule has 0 saturated heterocycles. The van der Waals surface area contributed by atoms with E-state index in [1.54, 1.807) is 12.1 Å². The Labute approximate surface area is 128 Å². The van der Waals surface area contributed by atoms with E-state index in [0.29, 0.717) is 6.54 Å². The second-order valence-electron chi connectivity index (χ2n) is 5.36. The predicted molar refractivity (Wildman–Crippen MR) is 86.2 cm³/mol. The number of carbonyl (C=O) groups is 1. The quantitative estimate of drug-likeness (QED) is 0.581. The Balaban J connectivity index is 2.28. The number of amides is 1. The minimum Gasteiger partial charge on any atom is -0.508 e. The van der Waals surface area contributed by atoms with Crippen molar-refractivity contribution in [2.75, 3.05) is 6.54 Å². The standard InChI is InChI=1S/C17H28N2O2/c1-3-5-6-7-12-18-16(4-2)17(21)19-13-14-8-10-15(20)11-9-14/h8-11,16,18,20H,3-7,12-13H2,1-2H3,(H,19,21). The first-order valence-corrected chi connectivity index (χ1v) is 7.96. The van der Waals surface area contributed by atoms with Crippen LogP contribution in [0.5, 0.6) is 5.75 Å². The van der Waals surface area contributed by atoms with E-state index in [9.17, 15) is 9.90 Å². The van der Waals surface area contributed by atoms with Gasteiger partial charge in [-0.05, 0) is 37.1 Å². The van der Waals surface area contributed by atoms with Crippen molar-refractivity contribution in [2.45, 2.75) is 58.5 Å². The zero-order chi connectivity index (χ0) is 15.5. The molecule has 0 saturated carbocycles. The SMILES string of the molecule is CCCCCCNC(CC)C(=O)NCc1ccc(O)cc1. The van der Waals surface area contributed by atoms with E-state index < -0.39 is 0 Å². The van der Waals surface area contributed by atoms with Gasteiger partial charge < -0.3 is 15.7 Å². The van der Waals surface area contributed by atoms with Crippen molar-refractivity contribution in [1.82, 2.24) is 10.6 Å². The van der Waals surface area contributed by atoms with Gasteiger partial charge >= 0.3 is 0 Å². The van der Waals surface area contributed by atoms with E-state index in [0.717, 1.165) is 24.9 Å². The first-order valence-electron chi connectivity index (χ1n) is 7.96. The van der Waals surface area contributed by atoms with Crippen LogP contribution in [0.3, 0.4) is 0 Å². The van der Waals surface area contributed by atoms with Gasteiger partial charge in [0.05, 0.1) is 6.04 Å². The summed E-state index contributed by atoms with van der Waals surface area (Å²) < 4.78 is 0. The van der Waals surface area contributed by atoms with Gasteiger partial charge in [0.25, 0.3) is 0 Å². The second kappa shape index (κ2) is 10.2. The lowest BCUT2D eigenvalue weighted by Crippen LogP contribution is -2.43. The number of hydrogen-bond acceptors (Lipinski definition) is 3. The maximum atomic E-state index is 12.1. The summed E-state index contributed by atoms with van der Waals surface area (Å²) in [5.74, 6) is 0.284. The molecule has 1 atom stereocenters. The molecule has 118 valence electrons. The molecular formula is C17H28N2O2. The van der Waals surface area contributed by atoms with Crippen LogP contribution in [0.1, 0.15) is 51.5 Å². The summed E-state index contributed by atoms with van der Waals surface area (Å²) in [5.41, 5.74) is 0.985. The molecule has 0 aliphatic carbocycles. The zero-order valence-corrected chi connectivity index (χ0v) is 13.2. The molecule has 3 N–H and O–H groups in total. The van der Waals surface area contributed by atoms with Crippen LogP contribution in [-0.4, -0.2) is 23.6 Å². The lowest BCUT2D eigenvalue weighted by molar-refractivity contribution is -0.123. The average molecular weight is 292 g/mol. The fourth-order valence-corrected chi connectivity index (χ4v) is 2.18. The molecule has 0 aromatic heterocycles. The summed E-state index contributed by atoms with van der Waals surface area (Å²) in [6, 6.07) is 6.77. The highest BCUT2D eigenvalue weighted by Crippen LogP contribution is 2.09. The highest BCUT2D eigenvalue weighted by molar-refractivity contribution is 5.81. The molecule has 0 spiro atoms. The molecule has 1 aromatic rings. The predicted octanol–water partition coefficient (Wildman–Crippen LogP) is 2.96. The number of nitrogens with one attached hydrogen (secondary N) is 2. The van der Waals surface area contributed by atoms with E-state index in [1.165, 1.54) is 19.3 Å². The number of rotatable bonds is 10. The van der Waals surface area contributed by atoms with Gasteiger partial charge in [-0.2, -0.15) is 0 Å². The van der Waals surface area contributed by atoms with Crippen LogP contribution in [0, 0.1) is 0 Å². The van der Waals surface area contributed by atoms with Crippen molar-refractivity contribution in [2.24, 2.45) is 0 Å². The largest absolute Gasteiger partial charge is 0.508 e. The van der Waals surface area contributed by atoms with Gasteiger partial charge in [0.2, 0.25) is 5.91 Å². The minimum atomic E-state index is -0.122. The number of phenols is 1. The highest BCUT2D eigenvalue weighted by Gasteiger charge is 2.14. The molecule has 1 aromatic carbocycles. The molecule has 1 unspecified atom stereocenters. The smallest absolute Gasteiger partial charge is 0.237 e. The summed E-state index contributed by atoms with van der Waals surface area (Å²) in [5, 5.41) is 15.5. The summed E-state index contributed by atoms with van der Waals surface area (Å²) in [6.45, 7) is 5.60. The number of phenolic OH excluding ortho intramolecular Hbond substituents is 1. The van der Waals surface area contributed by atoms with Crippen molar-refractivity contribution < 1.29 is 9.90 Å². The number of aromatic hydroxyl groups is 1. The van der Waals surface area contributed by atoms with Crippen molar-refractivity contribution in [3.05, 3.63) is 29.8 Å². The van der Waals surface area contributed by atoms with E-state index in [2.05, 4.69) is 17.6 Å². The molecule has 1 rings (SSSR count). The van der Waals surface area contributed by atoms with Crippen molar-refractivity contribution >= 4 is 5.91 Å². The number of unbranched alkanes of at least 4 members (excludes halogenated alkanes) is 3. The Morgan fingerprint density at radius 1 is 1.14 bits per heavy atom. The maximum absolute atomic E-state index is 12.1. The third-order valence-corrected chi connectivity index (χ3v) is 3.55. The third-order valence-electron chi connectivity index (χ3n) is 3.55. The molecule has 0 bridgehead atoms. The Kier molecular flexibility index (Phi) is 8.51. The average Bonchev–Trinajstić information content (AvgIpc) is 2.50. The number of carbonyl (C=O) groups excluding carboxylic acids is 1. The molecule has 21 heavy (non-hydrogen) atoms. The summed E-state index contributed by atoms with van der Waals surface area (Å²) in [6.07, 6.45) is 5.61. The molecule has 0 aliphatic rings. The van der Waals surface area contributed by atoms with E-state index >= 15 is 0 Å². The molecule has 4 heteroatoms. The molecule has 4 nitrogen and oxygen atoms in total. The van der Waals surface area contributed by atoms with E-state index in [-0.39, 0.29) is 17.7 Å². The van der Waals surface area contributed by atoms with Gasteiger partial charge in [-0.1, -0.05) is 45.2 Å². The Hall–Kier alpha value is -1.55. The monoisotopic (exact) mass is 292 g/mol. The first-order chi connectivity index (χ1) is 10.2. The van der Waals surface area contributed by atoms with Crippen LogP contribution < -0.4 is 10.6 Å². The first kappa shape index (κ1) is 17.5. The van der Waals surface area contributed by atoms with Gasteiger partial charge in [-0.15, -0.1) is 0 Å². The minimum absolute atomic E-state index is 0.0427. The summed E-state index contributed by atoms with van der Waals surface area (Å²) >= 11 is 0. The Morgan fingerprint density at radius 2 is 1.86 bits per heavy atom. The van der Waals surface area contributed by atoms with Crippen LogP contribution in [0.25, 0.3) is 0 Å². The van der Waals surface area contributed by atoms with Gasteiger partial charge in [-0.25, -0.2) is 0 Å². The molecule has 0 fully saturated rings. The lowest BCUT2D eigenvalue weighted by Gasteiger charge is -2.16. The van der Waals surface area contributed by atoms with Gasteiger partial charge in [-0.3, -0.25) is 4.79 Å². The number of benzene rings is 1. The van der Waals surface area contributed by atoms with Gasteiger partial charge in [0.1, 0.15) is 5.75 Å². The lowest BCUT2D eigenvalue weighted by atomic mass is 10.1. The fraction of sp³-hybridized carbons (Fsp3) is 0.588. The molecule has 0 heterocycles. The summed E-state index contributed by atoms with van der Waals surface area (Å²) in [7, 11) is 0. The fourth-order valence-electron chi connectivity index (χ4n) is 2.18. The van der Waals surface area contributed by atoms with Crippen molar-refractivity contribution in [1.29, 1.82) is 0 Å². The maximum Gasteiger partial charge on any atom is 0.237 e. The molecule has 0 aliphatic heterocycles. The van der Waals surface area contributed by atoms with E-state index in [1.807, 2.05) is 19.1 Å². The zero-order valence-electron chi connectivity index (χ0n) is 13.2. The van der Waals surface area contributed by atoms with Crippen LogP contribution in [-0.2, 0) is 11.3 Å². The molecule has 0 radical (unpaired) electrons. The van der Waals surface area contributed by atoms with Crippen LogP contribution in [0.4, 0.5) is 0 Å². The number of hydrogen-bond donors (Lipinski definition) is 3. The topological polar surface area (TPSA) is 61.4 Å². The Morgan fingerprint density at radius 3 is 2.48 bits per heavy atom.